The standard InChI is InChI=1S/C20H17BrN6O2/c1-3-27-10-14(17(29)13-8-15(21)11(2)23-19(13)27)18-24-20(26-25-18)22-9-12-6-4-5-7-16(12)28/h4-10,28H,3H2,1-2H3,(H,24,25,26). The van der Waals surface area contributed by atoms with Crippen LogP contribution >= 0.6 is 15.9 Å². The number of rotatable bonds is 4. The van der Waals surface area contributed by atoms with E-state index in [0.717, 1.165) is 10.2 Å². The summed E-state index contributed by atoms with van der Waals surface area (Å²) in [6.07, 6.45) is 3.19. The Hall–Kier alpha value is -3.33. The number of nitrogens with zero attached hydrogens (tertiary/aromatic N) is 5. The molecule has 4 rings (SSSR count). The number of hydrogen-bond donors (Lipinski definition) is 2. The van der Waals surface area contributed by atoms with Gasteiger partial charge in [-0.3, -0.25) is 9.89 Å². The molecule has 1 aromatic carbocycles. The third-order valence-corrected chi connectivity index (χ3v) is 5.31. The van der Waals surface area contributed by atoms with Gasteiger partial charge in [-0.1, -0.05) is 12.1 Å². The van der Waals surface area contributed by atoms with Crippen LogP contribution in [-0.4, -0.2) is 36.1 Å². The van der Waals surface area contributed by atoms with Crippen molar-refractivity contribution in [1.29, 1.82) is 0 Å². The molecule has 0 unspecified atom stereocenters. The van der Waals surface area contributed by atoms with Crippen molar-refractivity contribution in [3.8, 4) is 17.1 Å². The molecular formula is C20H17BrN6O2. The van der Waals surface area contributed by atoms with Gasteiger partial charge in [-0.2, -0.15) is 4.98 Å². The molecule has 2 N–H and O–H groups in total. The minimum absolute atomic E-state index is 0.112. The number of aromatic hydroxyl groups is 1. The largest absolute Gasteiger partial charge is 0.507 e. The summed E-state index contributed by atoms with van der Waals surface area (Å²) in [6.45, 7) is 4.51. The molecular weight excluding hydrogens is 436 g/mol. The molecule has 0 atom stereocenters. The van der Waals surface area contributed by atoms with Crippen molar-refractivity contribution in [2.45, 2.75) is 20.4 Å². The van der Waals surface area contributed by atoms with E-state index in [1.54, 1.807) is 36.5 Å². The van der Waals surface area contributed by atoms with Crippen LogP contribution in [0.15, 0.2) is 50.8 Å². The average molecular weight is 453 g/mol. The van der Waals surface area contributed by atoms with E-state index in [-0.39, 0.29) is 17.1 Å². The zero-order valence-electron chi connectivity index (χ0n) is 15.7. The Morgan fingerprint density at radius 2 is 2.10 bits per heavy atom. The fourth-order valence-corrected chi connectivity index (χ4v) is 3.26. The molecule has 0 aliphatic rings. The molecule has 29 heavy (non-hydrogen) atoms. The lowest BCUT2D eigenvalue weighted by atomic mass is 10.1. The van der Waals surface area contributed by atoms with Gasteiger partial charge in [0, 0.05) is 29.0 Å². The maximum Gasteiger partial charge on any atom is 0.268 e. The van der Waals surface area contributed by atoms with E-state index in [4.69, 9.17) is 0 Å². The highest BCUT2D eigenvalue weighted by Crippen LogP contribution is 2.22. The molecule has 0 saturated carbocycles. The Bertz CT molecular complexity index is 1310. The van der Waals surface area contributed by atoms with Crippen molar-refractivity contribution in [2.24, 2.45) is 4.99 Å². The normalized spacial score (nSPS) is 11.6. The quantitative estimate of drug-likeness (QED) is 0.458. The van der Waals surface area contributed by atoms with Crippen LogP contribution in [0, 0.1) is 6.92 Å². The maximum absolute atomic E-state index is 13.1. The number of aryl methyl sites for hydroxylation is 2. The van der Waals surface area contributed by atoms with Gasteiger partial charge >= 0.3 is 0 Å². The van der Waals surface area contributed by atoms with Gasteiger partial charge in [0.05, 0.1) is 16.6 Å². The first-order valence-corrected chi connectivity index (χ1v) is 9.72. The summed E-state index contributed by atoms with van der Waals surface area (Å²) in [5.41, 5.74) is 2.18. The second-order valence-corrected chi connectivity index (χ2v) is 7.24. The third kappa shape index (κ3) is 3.56. The molecule has 3 heterocycles. The van der Waals surface area contributed by atoms with Crippen LogP contribution in [0.1, 0.15) is 18.2 Å². The van der Waals surface area contributed by atoms with E-state index < -0.39 is 0 Å². The molecule has 0 aliphatic heterocycles. The van der Waals surface area contributed by atoms with Gasteiger partial charge in [-0.25, -0.2) is 9.98 Å². The molecule has 0 amide bonds. The third-order valence-electron chi connectivity index (χ3n) is 4.50. The minimum Gasteiger partial charge on any atom is -0.507 e. The van der Waals surface area contributed by atoms with Crippen LogP contribution in [0.25, 0.3) is 22.4 Å². The molecule has 0 fully saturated rings. The summed E-state index contributed by atoms with van der Waals surface area (Å²) in [6, 6.07) is 8.60. The number of halogens is 1. The van der Waals surface area contributed by atoms with Gasteiger partial charge in [0.1, 0.15) is 11.4 Å². The first kappa shape index (κ1) is 19.0. The molecule has 146 valence electrons. The van der Waals surface area contributed by atoms with E-state index in [1.807, 2.05) is 18.4 Å². The SMILES string of the molecule is CCn1cc(-c2nc(N=Cc3ccccc3O)n[nH]2)c(=O)c2cc(Br)c(C)nc21. The van der Waals surface area contributed by atoms with Gasteiger partial charge in [0.2, 0.25) is 5.43 Å². The zero-order chi connectivity index (χ0) is 20.5. The summed E-state index contributed by atoms with van der Waals surface area (Å²) in [4.78, 5) is 26.1. The lowest BCUT2D eigenvalue weighted by Crippen LogP contribution is -2.14. The lowest BCUT2D eigenvalue weighted by molar-refractivity contribution is 0.474. The number of pyridine rings is 2. The molecule has 0 saturated heterocycles. The van der Waals surface area contributed by atoms with E-state index in [9.17, 15) is 9.90 Å². The molecule has 0 spiro atoms. The summed E-state index contributed by atoms with van der Waals surface area (Å²) in [5.74, 6) is 0.593. The van der Waals surface area contributed by atoms with Crippen molar-refractivity contribution < 1.29 is 5.11 Å². The molecule has 0 aliphatic carbocycles. The summed E-state index contributed by atoms with van der Waals surface area (Å²) in [7, 11) is 0. The van der Waals surface area contributed by atoms with Crippen LogP contribution in [0.5, 0.6) is 5.75 Å². The Labute approximate surface area is 174 Å². The van der Waals surface area contributed by atoms with Gasteiger partial charge in [0.25, 0.3) is 5.95 Å². The zero-order valence-corrected chi connectivity index (χ0v) is 17.3. The maximum atomic E-state index is 13.1. The van der Waals surface area contributed by atoms with Crippen LogP contribution < -0.4 is 5.43 Å². The highest BCUT2D eigenvalue weighted by molar-refractivity contribution is 9.10. The summed E-state index contributed by atoms with van der Waals surface area (Å²) in [5, 5.41) is 17.1. The second kappa shape index (κ2) is 7.59. The van der Waals surface area contributed by atoms with Crippen LogP contribution in [0.4, 0.5) is 5.95 Å². The monoisotopic (exact) mass is 452 g/mol. The van der Waals surface area contributed by atoms with Crippen molar-refractivity contribution >= 4 is 39.1 Å². The number of benzene rings is 1. The number of para-hydroxylation sites is 1. The number of H-pyrrole nitrogens is 1. The number of aromatic amines is 1. The first-order valence-electron chi connectivity index (χ1n) is 8.93. The Morgan fingerprint density at radius 3 is 2.86 bits per heavy atom. The van der Waals surface area contributed by atoms with Gasteiger partial charge in [0.15, 0.2) is 5.82 Å². The highest BCUT2D eigenvalue weighted by Gasteiger charge is 2.16. The molecule has 0 bridgehead atoms. The van der Waals surface area contributed by atoms with E-state index in [1.165, 1.54) is 6.21 Å². The number of fused-ring (bicyclic) bond motifs is 1. The molecule has 9 heteroatoms. The number of aromatic nitrogens is 5. The summed E-state index contributed by atoms with van der Waals surface area (Å²) >= 11 is 3.44. The average Bonchev–Trinajstić information content (AvgIpc) is 3.18. The first-order chi connectivity index (χ1) is 14.0. The van der Waals surface area contributed by atoms with Crippen LogP contribution in [0.3, 0.4) is 0 Å². The van der Waals surface area contributed by atoms with E-state index in [2.05, 4.69) is 41.1 Å². The van der Waals surface area contributed by atoms with Crippen LogP contribution in [-0.2, 0) is 6.54 Å². The van der Waals surface area contributed by atoms with E-state index in [0.29, 0.717) is 34.5 Å². The van der Waals surface area contributed by atoms with Gasteiger partial charge < -0.3 is 9.67 Å². The predicted octanol–water partition coefficient (Wildman–Crippen LogP) is 3.73. The highest BCUT2D eigenvalue weighted by atomic mass is 79.9. The van der Waals surface area contributed by atoms with Crippen molar-refractivity contribution in [1.82, 2.24) is 24.7 Å². The van der Waals surface area contributed by atoms with Crippen molar-refractivity contribution in [3.05, 3.63) is 62.5 Å². The number of hydrogen-bond acceptors (Lipinski definition) is 6. The van der Waals surface area contributed by atoms with E-state index >= 15 is 0 Å². The lowest BCUT2D eigenvalue weighted by Gasteiger charge is -2.11. The fraction of sp³-hybridized carbons (Fsp3) is 0.150. The molecule has 3 aromatic heterocycles. The minimum atomic E-state index is -0.190. The van der Waals surface area contributed by atoms with Gasteiger partial charge in [-0.05, 0) is 48.0 Å². The number of phenolic OH excluding ortho intramolecular Hbond substituents is 1. The number of aliphatic imine (C=N–C) groups is 1. The topological polar surface area (TPSA) is 109 Å². The smallest absolute Gasteiger partial charge is 0.268 e. The number of phenols is 1. The molecule has 0 radical (unpaired) electrons. The molecule has 4 aromatic rings. The van der Waals surface area contributed by atoms with Crippen molar-refractivity contribution in [2.75, 3.05) is 0 Å². The Morgan fingerprint density at radius 1 is 1.31 bits per heavy atom. The molecule has 8 nitrogen and oxygen atoms in total. The number of nitrogens with one attached hydrogen (secondary N) is 1. The summed E-state index contributed by atoms with van der Waals surface area (Å²) < 4.78 is 2.67. The predicted molar refractivity (Wildman–Crippen MR) is 115 cm³/mol. The van der Waals surface area contributed by atoms with Gasteiger partial charge in [-0.15, -0.1) is 5.10 Å². The van der Waals surface area contributed by atoms with Crippen LogP contribution in [0.2, 0.25) is 0 Å². The van der Waals surface area contributed by atoms with Crippen molar-refractivity contribution in [3.63, 3.8) is 0 Å². The second-order valence-electron chi connectivity index (χ2n) is 6.39. The Balaban J connectivity index is 1.78. The fourth-order valence-electron chi connectivity index (χ4n) is 2.94. The Kier molecular flexibility index (Phi) is 4.98.